The van der Waals surface area contributed by atoms with E-state index in [0.717, 1.165) is 64.2 Å². The van der Waals surface area contributed by atoms with Gasteiger partial charge < -0.3 is 39.9 Å². The van der Waals surface area contributed by atoms with Crippen molar-refractivity contribution in [1.82, 2.24) is 0 Å². The van der Waals surface area contributed by atoms with Crippen molar-refractivity contribution in [3.63, 3.8) is 0 Å². The van der Waals surface area contributed by atoms with Crippen LogP contribution >= 0.6 is 7.82 Å². The van der Waals surface area contributed by atoms with Crippen LogP contribution in [0.3, 0.4) is 0 Å². The Kier molecular flexibility index (Phi) is 34.7. The topological polar surface area (TPSA) is 210 Å². The molecule has 13 nitrogen and oxygen atoms in total. The van der Waals surface area contributed by atoms with Crippen LogP contribution in [-0.2, 0) is 32.7 Å². The molecular weight excluding hydrogens is 803 g/mol. The van der Waals surface area contributed by atoms with E-state index in [9.17, 15) is 44.6 Å². The third-order valence-corrected chi connectivity index (χ3v) is 11.7. The molecule has 1 saturated carbocycles. The molecule has 0 aromatic rings. The van der Waals surface area contributed by atoms with E-state index in [2.05, 4.69) is 62.5 Å². The zero-order valence-corrected chi connectivity index (χ0v) is 38.3. The average Bonchev–Trinajstić information content (AvgIpc) is 3.24. The van der Waals surface area contributed by atoms with Crippen molar-refractivity contribution in [1.29, 1.82) is 0 Å². The summed E-state index contributed by atoms with van der Waals surface area (Å²) in [4.78, 5) is 35.7. The summed E-state index contributed by atoms with van der Waals surface area (Å²) < 4.78 is 33.5. The van der Waals surface area contributed by atoms with Gasteiger partial charge in [0, 0.05) is 12.8 Å². The minimum absolute atomic E-state index is 0.0594. The lowest BCUT2D eigenvalue weighted by Gasteiger charge is -2.41. The first-order valence-corrected chi connectivity index (χ1v) is 24.9. The van der Waals surface area contributed by atoms with Crippen LogP contribution in [0.1, 0.15) is 181 Å². The summed E-state index contributed by atoms with van der Waals surface area (Å²) >= 11 is 0. The van der Waals surface area contributed by atoms with Crippen LogP contribution in [0.25, 0.3) is 0 Å². The van der Waals surface area contributed by atoms with Gasteiger partial charge in [-0.05, 0) is 57.8 Å². The summed E-state index contributed by atoms with van der Waals surface area (Å²) in [6.45, 7) is 3.24. The van der Waals surface area contributed by atoms with Gasteiger partial charge in [0.05, 0.1) is 6.61 Å². The van der Waals surface area contributed by atoms with E-state index < -0.39 is 75.7 Å². The number of ether oxygens (including phenoxy) is 2. The minimum Gasteiger partial charge on any atom is -0.462 e. The van der Waals surface area contributed by atoms with Gasteiger partial charge in [-0.2, -0.15) is 0 Å². The van der Waals surface area contributed by atoms with Crippen molar-refractivity contribution in [2.45, 2.75) is 224 Å². The molecule has 6 N–H and O–H groups in total. The zero-order valence-electron chi connectivity index (χ0n) is 37.4. The lowest BCUT2D eigenvalue weighted by Crippen LogP contribution is -2.64. The Morgan fingerprint density at radius 2 is 0.885 bits per heavy atom. The van der Waals surface area contributed by atoms with Crippen LogP contribution in [0.4, 0.5) is 0 Å². The zero-order chi connectivity index (χ0) is 45.0. The lowest BCUT2D eigenvalue weighted by molar-refractivity contribution is -0.220. The first kappa shape index (κ1) is 56.8. The number of carbonyl (C=O) groups is 2. The highest BCUT2D eigenvalue weighted by molar-refractivity contribution is 7.47. The van der Waals surface area contributed by atoms with E-state index in [-0.39, 0.29) is 12.8 Å². The molecule has 0 bridgehead atoms. The quantitative estimate of drug-likeness (QED) is 0.0148. The number of unbranched alkanes of at least 4 members (excludes halogenated alkanes) is 18. The summed E-state index contributed by atoms with van der Waals surface area (Å²) in [6.07, 6.45) is 30.2. The van der Waals surface area contributed by atoms with Crippen molar-refractivity contribution >= 4 is 19.8 Å². The van der Waals surface area contributed by atoms with Gasteiger partial charge in [0.15, 0.2) is 6.10 Å². The van der Waals surface area contributed by atoms with Crippen LogP contribution < -0.4 is 0 Å². The van der Waals surface area contributed by atoms with Gasteiger partial charge in [-0.1, -0.05) is 159 Å². The Hall–Kier alpha value is -2.19. The summed E-state index contributed by atoms with van der Waals surface area (Å²) in [5.74, 6) is -1.13. The van der Waals surface area contributed by atoms with Gasteiger partial charge in [-0.15, -0.1) is 0 Å². The number of phosphoric ester groups is 1. The molecule has 1 rings (SSSR count). The fourth-order valence-corrected chi connectivity index (χ4v) is 7.83. The van der Waals surface area contributed by atoms with E-state index >= 15 is 0 Å². The predicted octanol–water partition coefficient (Wildman–Crippen LogP) is 9.17. The Bertz CT molecular complexity index is 1250. The van der Waals surface area contributed by atoms with Crippen molar-refractivity contribution < 1.29 is 63.1 Å². The third-order valence-electron chi connectivity index (χ3n) is 10.7. The Morgan fingerprint density at radius 3 is 1.38 bits per heavy atom. The molecule has 1 aliphatic rings. The number of rotatable bonds is 38. The predicted molar refractivity (Wildman–Crippen MR) is 239 cm³/mol. The molecule has 0 amide bonds. The molecule has 0 aromatic heterocycles. The number of hydrogen-bond acceptors (Lipinski definition) is 12. The summed E-state index contributed by atoms with van der Waals surface area (Å²) in [5, 5.41) is 50.1. The molecule has 1 fully saturated rings. The number of esters is 2. The molecule has 354 valence electrons. The van der Waals surface area contributed by atoms with Crippen molar-refractivity contribution in [2.24, 2.45) is 0 Å². The largest absolute Gasteiger partial charge is 0.472 e. The summed E-state index contributed by atoms with van der Waals surface area (Å²) in [6, 6.07) is 0. The fraction of sp³-hybridized carbons (Fsp3) is 0.787. The Morgan fingerprint density at radius 1 is 0.508 bits per heavy atom. The van der Waals surface area contributed by atoms with Gasteiger partial charge in [-0.25, -0.2) is 4.57 Å². The standard InChI is InChI=1S/C47H83O13P/c1-3-5-7-9-11-13-15-17-18-19-20-21-22-24-26-28-30-32-34-36-41(49)59-39(38-58-61(55,56)60-47-45(53)43(51)42(50)44(52)46(47)54)37-57-40(48)35-33-31-29-27-25-23-16-14-12-10-8-6-4-2/h11,13,17-18,20-21,24,26,39,42-47,50-54H,3-10,12,14-16,19,22-23,25,27-38H2,1-2H3,(H,55,56)/b13-11-,18-17-,21-20-,26-24-/t39-,42?,43-,44?,45?,46?,47?/m1/s1. The van der Waals surface area contributed by atoms with Crippen molar-refractivity contribution in [3.8, 4) is 0 Å². The highest BCUT2D eigenvalue weighted by atomic mass is 31.2. The average molecular weight is 887 g/mol. The molecule has 0 aliphatic heterocycles. The third kappa shape index (κ3) is 29.7. The smallest absolute Gasteiger partial charge is 0.462 e. The maximum absolute atomic E-state index is 12.8. The minimum atomic E-state index is -5.13. The number of allylic oxidation sites excluding steroid dienone is 8. The van der Waals surface area contributed by atoms with E-state index in [1.807, 2.05) is 0 Å². The van der Waals surface area contributed by atoms with Crippen LogP contribution in [-0.4, -0.2) is 98.3 Å². The molecule has 0 heterocycles. The molecule has 61 heavy (non-hydrogen) atoms. The SMILES string of the molecule is CCCCC/C=C\C/C=C\C/C=C\C/C=C\CCCCCC(=O)O[C@H](COC(=O)CCCCCCCCCCCCCCC)COP(=O)(O)OC1C(O)C(O)C(O)[C@@H](O)C1O. The Balaban J connectivity index is 2.48. The van der Waals surface area contributed by atoms with Gasteiger partial charge >= 0.3 is 19.8 Å². The lowest BCUT2D eigenvalue weighted by atomic mass is 9.85. The van der Waals surface area contributed by atoms with Crippen LogP contribution in [0.5, 0.6) is 0 Å². The first-order chi connectivity index (χ1) is 29.4. The van der Waals surface area contributed by atoms with Crippen molar-refractivity contribution in [3.05, 3.63) is 48.6 Å². The van der Waals surface area contributed by atoms with Crippen LogP contribution in [0.15, 0.2) is 48.6 Å². The second kappa shape index (κ2) is 37.2. The molecule has 6 unspecified atom stereocenters. The number of aliphatic hydroxyl groups is 5. The number of carbonyl (C=O) groups excluding carboxylic acids is 2. The highest BCUT2D eigenvalue weighted by Gasteiger charge is 2.51. The van der Waals surface area contributed by atoms with Gasteiger partial charge in [0.25, 0.3) is 0 Å². The molecular formula is C47H83O13P. The molecule has 14 heteroatoms. The second-order valence-corrected chi connectivity index (χ2v) is 17.7. The van der Waals surface area contributed by atoms with E-state index in [0.29, 0.717) is 12.8 Å². The summed E-state index contributed by atoms with van der Waals surface area (Å²) in [5.41, 5.74) is 0. The molecule has 0 saturated heterocycles. The van der Waals surface area contributed by atoms with E-state index in [1.165, 1.54) is 77.0 Å². The van der Waals surface area contributed by atoms with E-state index in [1.54, 1.807) is 0 Å². The normalized spacial score (nSPS) is 22.4. The summed E-state index contributed by atoms with van der Waals surface area (Å²) in [7, 11) is -5.13. The number of phosphoric acid groups is 1. The number of aliphatic hydroxyl groups excluding tert-OH is 5. The van der Waals surface area contributed by atoms with Gasteiger partial charge in [0.2, 0.25) is 0 Å². The first-order valence-electron chi connectivity index (χ1n) is 23.4. The molecule has 1 aliphatic carbocycles. The maximum Gasteiger partial charge on any atom is 0.472 e. The molecule has 0 spiro atoms. The van der Waals surface area contributed by atoms with Crippen LogP contribution in [0.2, 0.25) is 0 Å². The number of hydrogen-bond donors (Lipinski definition) is 6. The molecule has 0 aromatic carbocycles. The van der Waals surface area contributed by atoms with Gasteiger partial charge in [-0.3, -0.25) is 18.6 Å². The van der Waals surface area contributed by atoms with Gasteiger partial charge in [0.1, 0.15) is 43.2 Å². The molecule has 0 radical (unpaired) electrons. The molecule has 8 atom stereocenters. The maximum atomic E-state index is 12.8. The second-order valence-electron chi connectivity index (χ2n) is 16.3. The van der Waals surface area contributed by atoms with E-state index in [4.69, 9.17) is 18.5 Å². The fourth-order valence-electron chi connectivity index (χ4n) is 6.86. The monoisotopic (exact) mass is 887 g/mol. The Labute approximate surface area is 367 Å². The highest BCUT2D eigenvalue weighted by Crippen LogP contribution is 2.47. The van der Waals surface area contributed by atoms with Crippen LogP contribution in [0, 0.1) is 0 Å². The van der Waals surface area contributed by atoms with Crippen molar-refractivity contribution in [2.75, 3.05) is 13.2 Å².